The zero-order valence-corrected chi connectivity index (χ0v) is 17.1. The number of furan rings is 1. The Hall–Kier alpha value is -3.84. The molecule has 5 aromatic carbocycles. The molecule has 1 heteroatoms. The van der Waals surface area contributed by atoms with Crippen molar-refractivity contribution in [1.29, 1.82) is 0 Å². The first-order valence-corrected chi connectivity index (χ1v) is 10.9. The van der Waals surface area contributed by atoms with E-state index in [4.69, 9.17) is 4.42 Å². The average Bonchev–Trinajstić information content (AvgIpc) is 3.22. The molecule has 0 unspecified atom stereocenters. The largest absolute Gasteiger partial charge is 0.456 e. The molecule has 1 aliphatic carbocycles. The lowest BCUT2D eigenvalue weighted by Crippen LogP contribution is -2.01. The number of hydrogen-bond donors (Lipinski definition) is 0. The molecule has 7 rings (SSSR count). The third-order valence-electron chi connectivity index (χ3n) is 6.80. The summed E-state index contributed by atoms with van der Waals surface area (Å²) in [7, 11) is 0. The smallest absolute Gasteiger partial charge is 0.135 e. The van der Waals surface area contributed by atoms with Gasteiger partial charge in [-0.25, -0.2) is 0 Å². The molecular weight excluding hydrogens is 376 g/mol. The number of benzene rings is 5. The molecule has 146 valence electrons. The summed E-state index contributed by atoms with van der Waals surface area (Å²) in [5, 5.41) is 7.83. The van der Waals surface area contributed by atoms with Crippen molar-refractivity contribution < 1.29 is 4.42 Å². The Bertz CT molecular complexity index is 1680. The number of fused-ring (bicyclic) bond motifs is 9. The highest BCUT2D eigenvalue weighted by molar-refractivity contribution is 6.14. The minimum absolute atomic E-state index is 0.954. The predicted molar refractivity (Wildman–Crippen MR) is 131 cm³/mol. The number of hydrogen-bond acceptors (Lipinski definition) is 1. The van der Waals surface area contributed by atoms with Gasteiger partial charge in [-0.15, -0.1) is 0 Å². The summed E-state index contributed by atoms with van der Waals surface area (Å²) in [5.41, 5.74) is 7.47. The molecule has 6 aromatic rings. The first kappa shape index (κ1) is 16.9. The van der Waals surface area contributed by atoms with E-state index < -0.39 is 0 Å². The van der Waals surface area contributed by atoms with Crippen LogP contribution in [-0.4, -0.2) is 0 Å². The molecule has 1 nitrogen and oxygen atoms in total. The van der Waals surface area contributed by atoms with Gasteiger partial charge in [0.05, 0.1) is 0 Å². The van der Waals surface area contributed by atoms with Gasteiger partial charge in [0.2, 0.25) is 0 Å². The summed E-state index contributed by atoms with van der Waals surface area (Å²) in [4.78, 5) is 0. The highest BCUT2D eigenvalue weighted by Crippen LogP contribution is 2.41. The Balaban J connectivity index is 1.49. The monoisotopic (exact) mass is 396 g/mol. The topological polar surface area (TPSA) is 13.1 Å². The van der Waals surface area contributed by atoms with Gasteiger partial charge in [-0.3, -0.25) is 0 Å². The molecule has 0 radical (unpaired) electrons. The number of aryl methyl sites for hydroxylation is 1. The summed E-state index contributed by atoms with van der Waals surface area (Å²) >= 11 is 0. The van der Waals surface area contributed by atoms with Crippen LogP contribution in [-0.2, 0) is 6.42 Å². The van der Waals surface area contributed by atoms with E-state index in [1.807, 2.05) is 12.1 Å². The Kier molecular flexibility index (Phi) is 3.45. The van der Waals surface area contributed by atoms with Crippen LogP contribution in [0.2, 0.25) is 0 Å². The summed E-state index contributed by atoms with van der Waals surface area (Å²) in [6, 6.07) is 32.6. The number of para-hydroxylation sites is 1. The van der Waals surface area contributed by atoms with Gasteiger partial charge in [0.25, 0.3) is 0 Å². The molecular formula is C30H20O. The van der Waals surface area contributed by atoms with E-state index in [-0.39, 0.29) is 0 Å². The standard InChI is InChI=1S/C30H20O/c1-2-9-23-21(7-1)22-8-3-4-10-24(22)27-17-19(13-15-25(23)27)20-14-16-30-28(18-20)26-11-5-6-12-29(26)31-30/h1-12,14,16-18H,13,15H2. The van der Waals surface area contributed by atoms with E-state index in [1.165, 1.54) is 54.6 Å². The van der Waals surface area contributed by atoms with E-state index in [0.29, 0.717) is 0 Å². The highest BCUT2D eigenvalue weighted by Gasteiger charge is 2.19. The Morgan fingerprint density at radius 1 is 0.516 bits per heavy atom. The molecule has 0 amide bonds. The van der Waals surface area contributed by atoms with Gasteiger partial charge in [0, 0.05) is 10.8 Å². The third-order valence-corrected chi connectivity index (χ3v) is 6.80. The third kappa shape index (κ3) is 2.44. The molecule has 0 bridgehead atoms. The fourth-order valence-corrected chi connectivity index (χ4v) is 5.34. The minimum atomic E-state index is 0.954. The van der Waals surface area contributed by atoms with Gasteiger partial charge in [0.1, 0.15) is 11.2 Å². The highest BCUT2D eigenvalue weighted by atomic mass is 16.3. The molecule has 0 atom stereocenters. The van der Waals surface area contributed by atoms with Crippen molar-refractivity contribution in [3.8, 4) is 0 Å². The second kappa shape index (κ2) is 6.33. The van der Waals surface area contributed by atoms with E-state index in [1.54, 1.807) is 0 Å². The maximum atomic E-state index is 6.04. The van der Waals surface area contributed by atoms with Crippen LogP contribution in [0.15, 0.2) is 95.4 Å². The minimum Gasteiger partial charge on any atom is -0.456 e. The zero-order chi connectivity index (χ0) is 20.4. The predicted octanol–water partition coefficient (Wildman–Crippen LogP) is 8.38. The van der Waals surface area contributed by atoms with Crippen molar-refractivity contribution in [2.75, 3.05) is 0 Å². The van der Waals surface area contributed by atoms with Crippen LogP contribution in [0.5, 0.6) is 0 Å². The normalized spacial score (nSPS) is 13.7. The number of rotatable bonds is 1. The van der Waals surface area contributed by atoms with Crippen molar-refractivity contribution in [3.63, 3.8) is 0 Å². The maximum Gasteiger partial charge on any atom is 0.135 e. The summed E-state index contributed by atoms with van der Waals surface area (Å²) in [5.74, 6) is 0. The molecule has 1 heterocycles. The molecule has 0 aliphatic heterocycles. The van der Waals surface area contributed by atoms with Crippen LogP contribution in [0.25, 0.3) is 55.1 Å². The summed E-state index contributed by atoms with van der Waals surface area (Å²) < 4.78 is 6.04. The first-order chi connectivity index (χ1) is 15.4. The van der Waals surface area contributed by atoms with E-state index in [0.717, 1.165) is 24.0 Å². The number of allylic oxidation sites excluding steroid dienone is 1. The summed E-state index contributed by atoms with van der Waals surface area (Å²) in [6.45, 7) is 0. The van der Waals surface area contributed by atoms with Crippen molar-refractivity contribution in [2.45, 2.75) is 12.8 Å². The van der Waals surface area contributed by atoms with Gasteiger partial charge in [-0.05, 0) is 74.8 Å². The lowest BCUT2D eigenvalue weighted by molar-refractivity contribution is 0.669. The lowest BCUT2D eigenvalue weighted by Gasteiger charge is -2.21. The van der Waals surface area contributed by atoms with Crippen LogP contribution in [0.3, 0.4) is 0 Å². The van der Waals surface area contributed by atoms with Crippen LogP contribution >= 0.6 is 0 Å². The Morgan fingerprint density at radius 2 is 1.16 bits per heavy atom. The summed E-state index contributed by atoms with van der Waals surface area (Å²) in [6.07, 6.45) is 4.55. The van der Waals surface area contributed by atoms with E-state index in [9.17, 15) is 0 Å². The van der Waals surface area contributed by atoms with Gasteiger partial charge < -0.3 is 4.42 Å². The van der Waals surface area contributed by atoms with Gasteiger partial charge >= 0.3 is 0 Å². The lowest BCUT2D eigenvalue weighted by atomic mass is 9.82. The Labute approximate surface area is 180 Å². The maximum absolute atomic E-state index is 6.04. The quantitative estimate of drug-likeness (QED) is 0.254. The zero-order valence-electron chi connectivity index (χ0n) is 17.1. The van der Waals surface area contributed by atoms with Gasteiger partial charge in [0.15, 0.2) is 0 Å². The van der Waals surface area contributed by atoms with Crippen molar-refractivity contribution in [3.05, 3.63) is 108 Å². The molecule has 0 saturated carbocycles. The van der Waals surface area contributed by atoms with Crippen LogP contribution in [0, 0.1) is 0 Å². The van der Waals surface area contributed by atoms with Crippen LogP contribution < -0.4 is 0 Å². The fraction of sp³-hybridized carbons (Fsp3) is 0.0667. The van der Waals surface area contributed by atoms with Crippen molar-refractivity contribution in [2.24, 2.45) is 0 Å². The van der Waals surface area contributed by atoms with Crippen molar-refractivity contribution in [1.82, 2.24) is 0 Å². The van der Waals surface area contributed by atoms with Gasteiger partial charge in [-0.1, -0.05) is 78.9 Å². The second-order valence-corrected chi connectivity index (χ2v) is 8.46. The van der Waals surface area contributed by atoms with Crippen LogP contribution in [0.1, 0.15) is 23.1 Å². The molecule has 1 aromatic heterocycles. The van der Waals surface area contributed by atoms with Crippen molar-refractivity contribution >= 4 is 55.1 Å². The van der Waals surface area contributed by atoms with Crippen LogP contribution in [0.4, 0.5) is 0 Å². The van der Waals surface area contributed by atoms with E-state index >= 15 is 0 Å². The first-order valence-electron chi connectivity index (χ1n) is 10.9. The molecule has 0 saturated heterocycles. The molecule has 0 fully saturated rings. The Morgan fingerprint density at radius 3 is 2.00 bits per heavy atom. The molecule has 31 heavy (non-hydrogen) atoms. The van der Waals surface area contributed by atoms with Gasteiger partial charge in [-0.2, -0.15) is 0 Å². The fourth-order valence-electron chi connectivity index (χ4n) is 5.34. The molecule has 0 spiro atoms. The average molecular weight is 396 g/mol. The molecule has 1 aliphatic rings. The second-order valence-electron chi connectivity index (χ2n) is 8.46. The van der Waals surface area contributed by atoms with E-state index in [2.05, 4.69) is 84.9 Å². The SMILES string of the molecule is C1=C(c2ccc3oc4ccccc4c3c2)CCc2c1c1ccccc1c1ccccc21. The molecule has 0 N–H and O–H groups in total.